The van der Waals surface area contributed by atoms with Crippen LogP contribution in [0.3, 0.4) is 0 Å². The van der Waals surface area contributed by atoms with Crippen LogP contribution in [0.2, 0.25) is 0 Å². The largest absolute Gasteiger partial charge is 0.394 e. The zero-order valence-corrected chi connectivity index (χ0v) is 56.6. The fourth-order valence-corrected chi connectivity index (χ4v) is 12.5. The first kappa shape index (κ1) is 82.6. The van der Waals surface area contributed by atoms with Crippen LogP contribution in [0.15, 0.2) is 24.3 Å². The number of amides is 1. The minimum absolute atomic E-state index is 0.249. The summed E-state index contributed by atoms with van der Waals surface area (Å²) in [6, 6.07) is -1.19. The molecule has 0 spiro atoms. The summed E-state index contributed by atoms with van der Waals surface area (Å²) >= 11 is 0. The fraction of sp³-hybridized carbons (Fsp3) is 0.933. The molecular formula is C75H145NO10. The number of aliphatic hydroxyl groups is 7. The molecule has 510 valence electrons. The van der Waals surface area contributed by atoms with Crippen molar-refractivity contribution in [3.8, 4) is 0 Å². The second-order valence-corrected chi connectivity index (χ2v) is 26.7. The third-order valence-electron chi connectivity index (χ3n) is 18.5. The van der Waals surface area contributed by atoms with E-state index in [2.05, 4.69) is 43.5 Å². The summed E-state index contributed by atoms with van der Waals surface area (Å²) in [7, 11) is 0. The number of carbonyl (C=O) groups is 1. The Kier molecular flexibility index (Phi) is 61.2. The van der Waals surface area contributed by atoms with Gasteiger partial charge in [0, 0.05) is 0 Å². The molecule has 1 amide bonds. The van der Waals surface area contributed by atoms with E-state index in [9.17, 15) is 40.5 Å². The lowest BCUT2D eigenvalue weighted by atomic mass is 9.98. The van der Waals surface area contributed by atoms with Gasteiger partial charge < -0.3 is 50.5 Å². The quantitative estimate of drug-likeness (QED) is 0.0215. The minimum Gasteiger partial charge on any atom is -0.394 e. The van der Waals surface area contributed by atoms with Gasteiger partial charge in [-0.1, -0.05) is 353 Å². The molecule has 1 rings (SSSR count). The van der Waals surface area contributed by atoms with Crippen molar-refractivity contribution in [3.63, 3.8) is 0 Å². The average Bonchev–Trinajstić information content (AvgIpc) is 3.31. The third kappa shape index (κ3) is 50.3. The molecule has 1 heterocycles. The summed E-state index contributed by atoms with van der Waals surface area (Å²) < 4.78 is 11.2. The standard InChI is InChI=1S/C75H145NO10/c1-3-5-7-9-11-13-15-17-19-21-23-25-27-29-31-32-33-34-35-37-39-41-43-45-47-49-51-53-55-57-59-61-63-68(79)74(84)76-66(65-85-75-73(83)72(82)71(81)69(64-77)86-75)70(80)67(78)62-60-58-56-54-52-50-48-46-44-42-40-38-36-30-28-26-24-22-20-18-16-14-12-10-8-6-4-2/h46,48,54,56,66-73,75,77-83H,3-45,47,49-53,55,57-65H2,1-2H3,(H,76,84)/b48-46+,56-54+. The van der Waals surface area contributed by atoms with E-state index < -0.39 is 74.2 Å². The highest BCUT2D eigenvalue weighted by Gasteiger charge is 2.44. The van der Waals surface area contributed by atoms with Gasteiger partial charge in [-0.3, -0.25) is 4.79 Å². The number of ether oxygens (including phenoxy) is 2. The molecule has 0 aromatic carbocycles. The summed E-state index contributed by atoms with van der Waals surface area (Å²) in [6.45, 7) is 3.51. The number of unbranched alkanes of at least 4 members (excludes halogenated alkanes) is 51. The summed E-state index contributed by atoms with van der Waals surface area (Å²) in [5.74, 6) is -0.702. The smallest absolute Gasteiger partial charge is 0.249 e. The van der Waals surface area contributed by atoms with E-state index in [1.54, 1.807) is 0 Å². The number of rotatable bonds is 67. The van der Waals surface area contributed by atoms with Crippen molar-refractivity contribution in [3.05, 3.63) is 24.3 Å². The molecule has 11 heteroatoms. The highest BCUT2D eigenvalue weighted by molar-refractivity contribution is 5.80. The van der Waals surface area contributed by atoms with Crippen LogP contribution in [-0.2, 0) is 14.3 Å². The topological polar surface area (TPSA) is 189 Å². The average molecular weight is 1220 g/mol. The number of hydrogen-bond acceptors (Lipinski definition) is 10. The Morgan fingerprint density at radius 2 is 0.698 bits per heavy atom. The number of hydrogen-bond donors (Lipinski definition) is 8. The van der Waals surface area contributed by atoms with Crippen LogP contribution in [0.4, 0.5) is 0 Å². The second-order valence-electron chi connectivity index (χ2n) is 26.7. The maximum Gasteiger partial charge on any atom is 0.249 e. The van der Waals surface area contributed by atoms with E-state index in [0.29, 0.717) is 19.3 Å². The van der Waals surface area contributed by atoms with Gasteiger partial charge in [-0.15, -0.1) is 0 Å². The highest BCUT2D eigenvalue weighted by Crippen LogP contribution is 2.24. The second kappa shape index (κ2) is 63.7. The van der Waals surface area contributed by atoms with Gasteiger partial charge in [0.25, 0.3) is 0 Å². The van der Waals surface area contributed by atoms with E-state index in [-0.39, 0.29) is 12.8 Å². The molecule has 0 radical (unpaired) electrons. The van der Waals surface area contributed by atoms with E-state index in [1.165, 1.54) is 295 Å². The van der Waals surface area contributed by atoms with Crippen molar-refractivity contribution in [2.75, 3.05) is 13.2 Å². The first-order valence-electron chi connectivity index (χ1n) is 37.7. The SMILES string of the molecule is CCCCCCCCCCCCCCCCCCCC/C=C/CC/C=C/CCCC(O)C(O)C(COC1OC(CO)C(O)C(O)C1O)NC(=O)C(O)CCCCCCCCCCCCCCCCCCCCCCCCCCCCCCCCCC. The van der Waals surface area contributed by atoms with Crippen molar-refractivity contribution in [1.82, 2.24) is 5.32 Å². The van der Waals surface area contributed by atoms with Crippen molar-refractivity contribution >= 4 is 5.91 Å². The van der Waals surface area contributed by atoms with Crippen molar-refractivity contribution in [2.45, 2.75) is 435 Å². The van der Waals surface area contributed by atoms with Gasteiger partial charge in [-0.2, -0.15) is 0 Å². The molecule has 9 atom stereocenters. The monoisotopic (exact) mass is 1220 g/mol. The van der Waals surface area contributed by atoms with Gasteiger partial charge in [0.1, 0.15) is 36.6 Å². The molecule has 1 saturated heterocycles. The van der Waals surface area contributed by atoms with Crippen LogP contribution < -0.4 is 5.32 Å². The Bertz CT molecular complexity index is 1450. The summed E-state index contributed by atoms with van der Waals surface area (Å²) in [6.07, 6.45) is 70.0. The molecular weight excluding hydrogens is 1070 g/mol. The minimum atomic E-state index is -1.67. The third-order valence-corrected chi connectivity index (χ3v) is 18.5. The number of nitrogens with one attached hydrogen (secondary N) is 1. The predicted molar refractivity (Wildman–Crippen MR) is 362 cm³/mol. The highest BCUT2D eigenvalue weighted by atomic mass is 16.7. The molecule has 0 bridgehead atoms. The zero-order valence-electron chi connectivity index (χ0n) is 56.6. The molecule has 9 unspecified atom stereocenters. The van der Waals surface area contributed by atoms with Gasteiger partial charge in [-0.25, -0.2) is 0 Å². The van der Waals surface area contributed by atoms with Crippen LogP contribution in [0.1, 0.15) is 380 Å². The van der Waals surface area contributed by atoms with Gasteiger partial charge >= 0.3 is 0 Å². The Morgan fingerprint density at radius 3 is 1.03 bits per heavy atom. The molecule has 0 aromatic rings. The molecule has 0 saturated carbocycles. The first-order chi connectivity index (χ1) is 42.2. The molecule has 1 aliphatic rings. The van der Waals surface area contributed by atoms with Crippen LogP contribution in [0.5, 0.6) is 0 Å². The molecule has 86 heavy (non-hydrogen) atoms. The predicted octanol–water partition coefficient (Wildman–Crippen LogP) is 18.8. The lowest BCUT2D eigenvalue weighted by molar-refractivity contribution is -0.303. The maximum atomic E-state index is 13.3. The Morgan fingerprint density at radius 1 is 0.395 bits per heavy atom. The van der Waals surface area contributed by atoms with Gasteiger partial charge in [0.15, 0.2) is 6.29 Å². The Labute approximate surface area is 531 Å². The van der Waals surface area contributed by atoms with Crippen LogP contribution in [0.25, 0.3) is 0 Å². The fourth-order valence-electron chi connectivity index (χ4n) is 12.5. The molecule has 1 fully saturated rings. The summed E-state index contributed by atoms with van der Waals surface area (Å²) in [5, 5.41) is 76.6. The number of allylic oxidation sites excluding steroid dienone is 4. The lowest BCUT2D eigenvalue weighted by Gasteiger charge is -2.40. The molecule has 0 aromatic heterocycles. The van der Waals surface area contributed by atoms with Gasteiger partial charge in [0.05, 0.1) is 25.4 Å². The Hall–Kier alpha value is -1.41. The molecule has 1 aliphatic heterocycles. The summed E-state index contributed by atoms with van der Waals surface area (Å²) in [4.78, 5) is 13.3. The molecule has 0 aliphatic carbocycles. The Balaban J connectivity index is 2.18. The van der Waals surface area contributed by atoms with E-state index >= 15 is 0 Å². The first-order valence-corrected chi connectivity index (χ1v) is 37.7. The van der Waals surface area contributed by atoms with Crippen LogP contribution in [0, 0.1) is 0 Å². The molecule has 8 N–H and O–H groups in total. The normalized spacial score (nSPS) is 18.8. The van der Waals surface area contributed by atoms with E-state index in [0.717, 1.165) is 38.5 Å². The van der Waals surface area contributed by atoms with Gasteiger partial charge in [0.2, 0.25) is 5.91 Å². The zero-order chi connectivity index (χ0) is 62.4. The molecule has 11 nitrogen and oxygen atoms in total. The van der Waals surface area contributed by atoms with Crippen molar-refractivity contribution < 1.29 is 50.0 Å². The lowest BCUT2D eigenvalue weighted by Crippen LogP contribution is -2.60. The van der Waals surface area contributed by atoms with E-state index in [4.69, 9.17) is 9.47 Å². The van der Waals surface area contributed by atoms with E-state index in [1.807, 2.05) is 0 Å². The summed E-state index contributed by atoms with van der Waals surface area (Å²) in [5.41, 5.74) is 0. The maximum absolute atomic E-state index is 13.3. The number of aliphatic hydroxyl groups excluding tert-OH is 7. The van der Waals surface area contributed by atoms with Crippen LogP contribution in [-0.4, -0.2) is 110 Å². The van der Waals surface area contributed by atoms with Crippen LogP contribution >= 0.6 is 0 Å². The number of carbonyl (C=O) groups excluding carboxylic acids is 1. The van der Waals surface area contributed by atoms with Crippen molar-refractivity contribution in [2.24, 2.45) is 0 Å². The van der Waals surface area contributed by atoms with Gasteiger partial charge in [-0.05, 0) is 51.4 Å². The van der Waals surface area contributed by atoms with Crippen molar-refractivity contribution in [1.29, 1.82) is 0 Å².